The Morgan fingerprint density at radius 1 is 1.19 bits per heavy atom. The molecule has 0 atom stereocenters. The molecule has 3 rings (SSSR count). The van der Waals surface area contributed by atoms with Gasteiger partial charge in [0.15, 0.2) is 0 Å². The van der Waals surface area contributed by atoms with Gasteiger partial charge >= 0.3 is 0 Å². The molecule has 0 saturated heterocycles. The van der Waals surface area contributed by atoms with Crippen LogP contribution in [0.25, 0.3) is 10.2 Å². The number of rotatable bonds is 7. The maximum absolute atomic E-state index is 12.7. The lowest BCUT2D eigenvalue weighted by Crippen LogP contribution is -2.34. The predicted octanol–water partition coefficient (Wildman–Crippen LogP) is 3.86. The number of thiophene rings is 1. The van der Waals surface area contributed by atoms with Gasteiger partial charge in [-0.3, -0.25) is 19.0 Å². The molecule has 0 spiro atoms. The Bertz CT molecular complexity index is 1160. The van der Waals surface area contributed by atoms with Gasteiger partial charge in [0.2, 0.25) is 11.8 Å². The second-order valence-electron chi connectivity index (χ2n) is 7.94. The zero-order valence-electron chi connectivity index (χ0n) is 18.6. The lowest BCUT2D eigenvalue weighted by atomic mass is 10.1. The minimum Gasteiger partial charge on any atom is -0.336 e. The SMILES string of the molecule is CC(=O)N(Cc1ccc(NC(=O)CCn2cnc3sc(C)c(C)c3c2=O)cc1)C(C)C. The largest absolute Gasteiger partial charge is 0.336 e. The van der Waals surface area contributed by atoms with E-state index in [1.54, 1.807) is 11.8 Å². The normalized spacial score (nSPS) is 11.2. The number of aromatic nitrogens is 2. The van der Waals surface area contributed by atoms with Crippen LogP contribution in [0.5, 0.6) is 0 Å². The molecule has 0 saturated carbocycles. The fraction of sp³-hybridized carbons (Fsp3) is 0.391. The fourth-order valence-electron chi connectivity index (χ4n) is 3.42. The molecule has 0 aliphatic heterocycles. The van der Waals surface area contributed by atoms with Gasteiger partial charge in [-0.05, 0) is 51.0 Å². The zero-order chi connectivity index (χ0) is 22.7. The van der Waals surface area contributed by atoms with E-state index in [0.29, 0.717) is 17.6 Å². The summed E-state index contributed by atoms with van der Waals surface area (Å²) >= 11 is 1.51. The minimum absolute atomic E-state index is 0.0307. The molecule has 0 fully saturated rings. The number of amides is 2. The van der Waals surface area contributed by atoms with E-state index in [4.69, 9.17) is 0 Å². The highest BCUT2D eigenvalue weighted by Crippen LogP contribution is 2.25. The van der Waals surface area contributed by atoms with Crippen LogP contribution < -0.4 is 10.9 Å². The summed E-state index contributed by atoms with van der Waals surface area (Å²) < 4.78 is 1.49. The Kier molecular flexibility index (Phi) is 6.90. The van der Waals surface area contributed by atoms with E-state index < -0.39 is 0 Å². The highest BCUT2D eigenvalue weighted by molar-refractivity contribution is 7.18. The Labute approximate surface area is 185 Å². The topological polar surface area (TPSA) is 84.3 Å². The van der Waals surface area contributed by atoms with Crippen molar-refractivity contribution in [1.29, 1.82) is 0 Å². The van der Waals surface area contributed by atoms with Crippen molar-refractivity contribution in [2.75, 3.05) is 5.32 Å². The van der Waals surface area contributed by atoms with Gasteiger partial charge in [0.05, 0.1) is 11.7 Å². The zero-order valence-corrected chi connectivity index (χ0v) is 19.4. The molecule has 0 radical (unpaired) electrons. The van der Waals surface area contributed by atoms with Gasteiger partial charge < -0.3 is 10.2 Å². The number of fused-ring (bicyclic) bond motifs is 1. The van der Waals surface area contributed by atoms with Crippen molar-refractivity contribution in [3.05, 3.63) is 57.0 Å². The summed E-state index contributed by atoms with van der Waals surface area (Å²) in [5.41, 5.74) is 2.52. The smallest absolute Gasteiger partial charge is 0.262 e. The maximum Gasteiger partial charge on any atom is 0.262 e. The molecule has 7 nitrogen and oxygen atoms in total. The number of aryl methyl sites for hydroxylation is 3. The van der Waals surface area contributed by atoms with Crippen LogP contribution >= 0.6 is 11.3 Å². The first-order chi connectivity index (χ1) is 14.7. The third-order valence-electron chi connectivity index (χ3n) is 5.35. The summed E-state index contributed by atoms with van der Waals surface area (Å²) in [6.07, 6.45) is 1.68. The van der Waals surface area contributed by atoms with E-state index in [1.165, 1.54) is 22.2 Å². The molecule has 1 aromatic carbocycles. The molecular formula is C23H28N4O3S. The van der Waals surface area contributed by atoms with Crippen LogP contribution in [0.2, 0.25) is 0 Å². The predicted molar refractivity (Wildman–Crippen MR) is 124 cm³/mol. The number of anilines is 1. The fourth-order valence-corrected chi connectivity index (χ4v) is 4.41. The summed E-state index contributed by atoms with van der Waals surface area (Å²) in [6, 6.07) is 7.57. The molecule has 0 bridgehead atoms. The van der Waals surface area contributed by atoms with Gasteiger partial charge in [-0.15, -0.1) is 11.3 Å². The quantitative estimate of drug-likeness (QED) is 0.605. The van der Waals surface area contributed by atoms with E-state index in [9.17, 15) is 14.4 Å². The Hall–Kier alpha value is -3.00. The van der Waals surface area contributed by atoms with Gasteiger partial charge in [0.25, 0.3) is 5.56 Å². The average molecular weight is 441 g/mol. The van der Waals surface area contributed by atoms with Crippen LogP contribution in [0, 0.1) is 13.8 Å². The van der Waals surface area contributed by atoms with Crippen LogP contribution in [0.4, 0.5) is 5.69 Å². The van der Waals surface area contributed by atoms with Gasteiger partial charge in [0.1, 0.15) is 4.83 Å². The summed E-state index contributed by atoms with van der Waals surface area (Å²) in [5.74, 6) is -0.145. The Balaban J connectivity index is 1.61. The van der Waals surface area contributed by atoms with Crippen molar-refractivity contribution in [3.8, 4) is 0 Å². The third kappa shape index (κ3) is 5.19. The highest BCUT2D eigenvalue weighted by Gasteiger charge is 2.14. The number of hydrogen-bond acceptors (Lipinski definition) is 5. The average Bonchev–Trinajstić information content (AvgIpc) is 3.00. The number of carbonyl (C=O) groups excluding carboxylic acids is 2. The van der Waals surface area contributed by atoms with E-state index in [0.717, 1.165) is 20.8 Å². The Morgan fingerprint density at radius 2 is 1.87 bits per heavy atom. The molecule has 0 unspecified atom stereocenters. The molecule has 3 aromatic rings. The first-order valence-electron chi connectivity index (χ1n) is 10.3. The first-order valence-corrected chi connectivity index (χ1v) is 11.1. The number of hydrogen-bond donors (Lipinski definition) is 1. The summed E-state index contributed by atoms with van der Waals surface area (Å²) in [6.45, 7) is 10.2. The van der Waals surface area contributed by atoms with Crippen LogP contribution in [0.1, 0.15) is 43.2 Å². The van der Waals surface area contributed by atoms with Crippen LogP contribution in [0.15, 0.2) is 35.4 Å². The van der Waals surface area contributed by atoms with Crippen molar-refractivity contribution < 1.29 is 9.59 Å². The molecule has 2 aromatic heterocycles. The monoisotopic (exact) mass is 440 g/mol. The molecule has 2 heterocycles. The third-order valence-corrected chi connectivity index (χ3v) is 6.47. The minimum atomic E-state index is -0.175. The number of benzene rings is 1. The lowest BCUT2D eigenvalue weighted by Gasteiger charge is -2.25. The Morgan fingerprint density at radius 3 is 2.48 bits per heavy atom. The molecular weight excluding hydrogens is 412 g/mol. The van der Waals surface area contributed by atoms with Crippen LogP contribution in [-0.2, 0) is 22.7 Å². The molecule has 1 N–H and O–H groups in total. The highest BCUT2D eigenvalue weighted by atomic mass is 32.1. The van der Waals surface area contributed by atoms with Crippen molar-refractivity contribution in [3.63, 3.8) is 0 Å². The van der Waals surface area contributed by atoms with Crippen LogP contribution in [-0.4, -0.2) is 32.3 Å². The van der Waals surface area contributed by atoms with Crippen molar-refractivity contribution in [1.82, 2.24) is 14.5 Å². The van der Waals surface area contributed by atoms with E-state index >= 15 is 0 Å². The first kappa shape index (κ1) is 22.7. The standard InChI is InChI=1S/C23H28N4O3S/c1-14(2)27(17(5)28)12-18-6-8-19(9-7-18)25-20(29)10-11-26-13-24-22-21(23(26)30)15(3)16(4)31-22/h6-9,13-14H,10-12H2,1-5H3,(H,25,29). The second-order valence-corrected chi connectivity index (χ2v) is 9.15. The van der Waals surface area contributed by atoms with Gasteiger partial charge in [-0.1, -0.05) is 12.1 Å². The summed E-state index contributed by atoms with van der Waals surface area (Å²) in [5, 5.41) is 3.50. The molecule has 164 valence electrons. The maximum atomic E-state index is 12.7. The molecule has 2 amide bonds. The van der Waals surface area contributed by atoms with Gasteiger partial charge in [-0.2, -0.15) is 0 Å². The summed E-state index contributed by atoms with van der Waals surface area (Å²) in [4.78, 5) is 44.8. The molecule has 31 heavy (non-hydrogen) atoms. The number of nitrogens with zero attached hydrogens (tertiary/aromatic N) is 3. The molecule has 0 aliphatic carbocycles. The number of nitrogens with one attached hydrogen (secondary N) is 1. The summed E-state index contributed by atoms with van der Waals surface area (Å²) in [7, 11) is 0. The van der Waals surface area contributed by atoms with Gasteiger partial charge in [0, 0.05) is 43.0 Å². The van der Waals surface area contributed by atoms with Crippen LogP contribution in [0.3, 0.4) is 0 Å². The lowest BCUT2D eigenvalue weighted by molar-refractivity contribution is -0.131. The second kappa shape index (κ2) is 9.43. The van der Waals surface area contributed by atoms with Gasteiger partial charge in [-0.25, -0.2) is 4.98 Å². The molecule has 8 heteroatoms. The van der Waals surface area contributed by atoms with E-state index in [1.807, 2.05) is 52.0 Å². The van der Waals surface area contributed by atoms with E-state index in [-0.39, 0.29) is 36.4 Å². The molecule has 0 aliphatic rings. The van der Waals surface area contributed by atoms with Crippen molar-refractivity contribution in [2.24, 2.45) is 0 Å². The van der Waals surface area contributed by atoms with E-state index in [2.05, 4.69) is 10.3 Å². The number of carbonyl (C=O) groups is 2. The van der Waals surface area contributed by atoms with Crippen molar-refractivity contribution >= 4 is 39.1 Å². The van der Waals surface area contributed by atoms with Crippen molar-refractivity contribution in [2.45, 2.75) is 60.2 Å².